The van der Waals surface area contributed by atoms with Gasteiger partial charge >= 0.3 is 5.97 Å². The Morgan fingerprint density at radius 2 is 2.36 bits per heavy atom. The average Bonchev–Trinajstić information content (AvgIpc) is 1.87. The highest BCUT2D eigenvalue weighted by atomic mass is 16.4. The van der Waals surface area contributed by atoms with Crippen molar-refractivity contribution in [1.82, 2.24) is 0 Å². The standard InChI is InChI=1S/C8H9NO2/c1-6(2)3-4-7(5-9)8(10)11/h4H,1,3H2,2H3,(H,10,11). The van der Waals surface area contributed by atoms with Gasteiger partial charge in [-0.05, 0) is 13.3 Å². The Hall–Kier alpha value is -1.56. The molecule has 0 radical (unpaired) electrons. The Labute approximate surface area is 65.3 Å². The summed E-state index contributed by atoms with van der Waals surface area (Å²) in [6.07, 6.45) is 1.79. The molecule has 0 fully saturated rings. The van der Waals surface area contributed by atoms with E-state index in [4.69, 9.17) is 10.4 Å². The molecule has 3 nitrogen and oxygen atoms in total. The molecule has 0 aromatic carbocycles. The van der Waals surface area contributed by atoms with Crippen LogP contribution in [0.25, 0.3) is 0 Å². The van der Waals surface area contributed by atoms with Crippen LogP contribution in [0.2, 0.25) is 0 Å². The lowest BCUT2D eigenvalue weighted by atomic mass is 10.2. The lowest BCUT2D eigenvalue weighted by Crippen LogP contribution is -1.97. The minimum atomic E-state index is -1.19. The number of carboxylic acids is 1. The molecule has 0 amide bonds. The van der Waals surface area contributed by atoms with E-state index in [1.807, 2.05) is 0 Å². The third-order valence-electron chi connectivity index (χ3n) is 1.01. The summed E-state index contributed by atoms with van der Waals surface area (Å²) in [5, 5.41) is 16.6. The largest absolute Gasteiger partial charge is 0.477 e. The summed E-state index contributed by atoms with van der Waals surface area (Å²) in [5.41, 5.74) is 0.604. The molecule has 0 aliphatic heterocycles. The van der Waals surface area contributed by atoms with E-state index in [-0.39, 0.29) is 5.57 Å². The molecule has 11 heavy (non-hydrogen) atoms. The van der Waals surface area contributed by atoms with Crippen LogP contribution in [0.3, 0.4) is 0 Å². The molecule has 0 bridgehead atoms. The third kappa shape index (κ3) is 3.93. The van der Waals surface area contributed by atoms with Gasteiger partial charge in [0.2, 0.25) is 0 Å². The minimum absolute atomic E-state index is 0.229. The summed E-state index contributed by atoms with van der Waals surface area (Å²) in [4.78, 5) is 10.2. The van der Waals surface area contributed by atoms with E-state index in [0.717, 1.165) is 5.57 Å². The summed E-state index contributed by atoms with van der Waals surface area (Å²) in [6.45, 7) is 5.34. The topological polar surface area (TPSA) is 61.1 Å². The van der Waals surface area contributed by atoms with Gasteiger partial charge < -0.3 is 5.11 Å². The summed E-state index contributed by atoms with van der Waals surface area (Å²) in [5.74, 6) is -1.19. The molecule has 0 saturated carbocycles. The Morgan fingerprint density at radius 1 is 1.82 bits per heavy atom. The quantitative estimate of drug-likeness (QED) is 0.377. The Bertz CT molecular complexity index is 245. The lowest BCUT2D eigenvalue weighted by molar-refractivity contribution is -0.132. The van der Waals surface area contributed by atoms with Crippen molar-refractivity contribution in [2.24, 2.45) is 0 Å². The summed E-state index contributed by atoms with van der Waals surface area (Å²) < 4.78 is 0. The lowest BCUT2D eigenvalue weighted by Gasteiger charge is -1.90. The van der Waals surface area contributed by atoms with Gasteiger partial charge in [0.15, 0.2) is 0 Å². The van der Waals surface area contributed by atoms with E-state index in [0.29, 0.717) is 6.42 Å². The smallest absolute Gasteiger partial charge is 0.346 e. The van der Waals surface area contributed by atoms with Gasteiger partial charge in [-0.15, -0.1) is 0 Å². The van der Waals surface area contributed by atoms with E-state index in [9.17, 15) is 4.79 Å². The molecule has 0 unspecified atom stereocenters. The molecular weight excluding hydrogens is 142 g/mol. The highest BCUT2D eigenvalue weighted by Crippen LogP contribution is 2.01. The van der Waals surface area contributed by atoms with Crippen molar-refractivity contribution in [1.29, 1.82) is 5.26 Å². The molecule has 3 heteroatoms. The molecule has 0 saturated heterocycles. The van der Waals surface area contributed by atoms with Crippen LogP contribution in [-0.4, -0.2) is 11.1 Å². The van der Waals surface area contributed by atoms with Crippen molar-refractivity contribution < 1.29 is 9.90 Å². The van der Waals surface area contributed by atoms with Crippen LogP contribution in [0.1, 0.15) is 13.3 Å². The van der Waals surface area contributed by atoms with Crippen LogP contribution in [0, 0.1) is 11.3 Å². The van der Waals surface area contributed by atoms with Crippen molar-refractivity contribution >= 4 is 5.97 Å². The first-order valence-corrected chi connectivity index (χ1v) is 3.06. The Balaban J connectivity index is 4.28. The first-order chi connectivity index (χ1) is 5.07. The Kier molecular flexibility index (Phi) is 3.68. The van der Waals surface area contributed by atoms with Crippen molar-refractivity contribution in [2.75, 3.05) is 0 Å². The summed E-state index contributed by atoms with van der Waals surface area (Å²) in [6, 6.07) is 1.58. The second-order valence-corrected chi connectivity index (χ2v) is 2.20. The fourth-order valence-electron chi connectivity index (χ4n) is 0.457. The van der Waals surface area contributed by atoms with E-state index in [2.05, 4.69) is 6.58 Å². The summed E-state index contributed by atoms with van der Waals surface area (Å²) in [7, 11) is 0. The van der Waals surface area contributed by atoms with Crippen molar-refractivity contribution in [3.05, 3.63) is 23.8 Å². The van der Waals surface area contributed by atoms with Crippen molar-refractivity contribution in [2.45, 2.75) is 13.3 Å². The molecule has 58 valence electrons. The van der Waals surface area contributed by atoms with E-state index >= 15 is 0 Å². The van der Waals surface area contributed by atoms with Gasteiger partial charge in [-0.25, -0.2) is 4.79 Å². The van der Waals surface area contributed by atoms with Gasteiger partial charge in [0.1, 0.15) is 11.6 Å². The number of carbonyl (C=O) groups is 1. The number of nitrogens with zero attached hydrogens (tertiary/aromatic N) is 1. The number of hydrogen-bond acceptors (Lipinski definition) is 2. The van der Waals surface area contributed by atoms with E-state index < -0.39 is 5.97 Å². The second kappa shape index (κ2) is 4.29. The number of nitriles is 1. The Morgan fingerprint density at radius 3 is 2.64 bits per heavy atom. The second-order valence-electron chi connectivity index (χ2n) is 2.20. The van der Waals surface area contributed by atoms with Gasteiger partial charge in [-0.3, -0.25) is 0 Å². The van der Waals surface area contributed by atoms with Crippen LogP contribution in [0.4, 0.5) is 0 Å². The molecule has 0 aliphatic rings. The predicted molar refractivity (Wildman–Crippen MR) is 40.8 cm³/mol. The highest BCUT2D eigenvalue weighted by molar-refractivity contribution is 5.90. The number of aliphatic carboxylic acids is 1. The molecule has 1 N–H and O–H groups in total. The normalized spacial score (nSPS) is 10.4. The van der Waals surface area contributed by atoms with E-state index in [1.165, 1.54) is 6.08 Å². The zero-order valence-corrected chi connectivity index (χ0v) is 6.29. The van der Waals surface area contributed by atoms with E-state index in [1.54, 1.807) is 13.0 Å². The van der Waals surface area contributed by atoms with Crippen molar-refractivity contribution in [3.63, 3.8) is 0 Å². The molecule has 0 spiro atoms. The van der Waals surface area contributed by atoms with Gasteiger partial charge in [0.05, 0.1) is 0 Å². The molecule has 0 heterocycles. The van der Waals surface area contributed by atoms with Gasteiger partial charge in [0, 0.05) is 0 Å². The first kappa shape index (κ1) is 9.44. The number of hydrogen-bond donors (Lipinski definition) is 1. The predicted octanol–water partition coefficient (Wildman–Crippen LogP) is 1.49. The monoisotopic (exact) mass is 151 g/mol. The van der Waals surface area contributed by atoms with Crippen LogP contribution in [-0.2, 0) is 4.79 Å². The number of allylic oxidation sites excluding steroid dienone is 2. The minimum Gasteiger partial charge on any atom is -0.477 e. The summed E-state index contributed by atoms with van der Waals surface area (Å²) >= 11 is 0. The number of carboxylic acid groups (broad SMARTS) is 1. The van der Waals surface area contributed by atoms with Gasteiger partial charge in [-0.2, -0.15) is 5.26 Å². The molecule has 0 aliphatic carbocycles. The fourth-order valence-corrected chi connectivity index (χ4v) is 0.457. The number of rotatable bonds is 3. The molecule has 0 rings (SSSR count). The maximum Gasteiger partial charge on any atom is 0.346 e. The fraction of sp³-hybridized carbons (Fsp3) is 0.250. The zero-order chi connectivity index (χ0) is 8.85. The molecular formula is C8H9NO2. The van der Waals surface area contributed by atoms with Crippen LogP contribution in [0.5, 0.6) is 0 Å². The van der Waals surface area contributed by atoms with Gasteiger partial charge in [-0.1, -0.05) is 18.2 Å². The van der Waals surface area contributed by atoms with Crippen LogP contribution in [0.15, 0.2) is 23.8 Å². The van der Waals surface area contributed by atoms with Crippen LogP contribution >= 0.6 is 0 Å². The van der Waals surface area contributed by atoms with Crippen LogP contribution < -0.4 is 0 Å². The molecule has 0 atom stereocenters. The maximum atomic E-state index is 10.2. The first-order valence-electron chi connectivity index (χ1n) is 3.06. The SMILES string of the molecule is C=C(C)CC=C(C#N)C(=O)O. The molecule has 0 aromatic heterocycles. The van der Waals surface area contributed by atoms with Gasteiger partial charge in [0.25, 0.3) is 0 Å². The molecule has 0 aromatic rings. The van der Waals surface area contributed by atoms with Crippen molar-refractivity contribution in [3.8, 4) is 6.07 Å². The zero-order valence-electron chi connectivity index (χ0n) is 6.29. The average molecular weight is 151 g/mol. The maximum absolute atomic E-state index is 10.2. The highest BCUT2D eigenvalue weighted by Gasteiger charge is 2.03. The third-order valence-corrected chi connectivity index (χ3v) is 1.01.